The highest BCUT2D eigenvalue weighted by Crippen LogP contribution is 2.09. The number of carbonyl (C=O) groups is 2. The fourth-order valence-electron chi connectivity index (χ4n) is 2.08. The first-order valence-corrected chi connectivity index (χ1v) is 7.86. The second kappa shape index (κ2) is 8.01. The molecule has 0 atom stereocenters. The Hall–Kier alpha value is -3.56. The van der Waals surface area contributed by atoms with Crippen molar-refractivity contribution in [3.63, 3.8) is 0 Å². The number of carbonyl (C=O) groups excluding carboxylic acids is 2. The van der Waals surface area contributed by atoms with Gasteiger partial charge in [0.2, 0.25) is 5.89 Å². The summed E-state index contributed by atoms with van der Waals surface area (Å²) < 4.78 is 10.1. The van der Waals surface area contributed by atoms with Crippen molar-refractivity contribution >= 4 is 17.8 Å². The highest BCUT2D eigenvalue weighted by atomic mass is 16.5. The van der Waals surface area contributed by atoms with Gasteiger partial charge in [-0.3, -0.25) is 19.9 Å². The molecule has 3 rings (SSSR count). The van der Waals surface area contributed by atoms with Crippen molar-refractivity contribution in [1.29, 1.82) is 0 Å². The summed E-state index contributed by atoms with van der Waals surface area (Å²) in [6.07, 6.45) is 5.38. The van der Waals surface area contributed by atoms with Gasteiger partial charge in [-0.05, 0) is 25.5 Å². The van der Waals surface area contributed by atoms with Gasteiger partial charge in [-0.25, -0.2) is 0 Å². The lowest BCUT2D eigenvalue weighted by molar-refractivity contribution is 0.0946. The minimum atomic E-state index is -0.406. The number of oxazole rings is 1. The van der Waals surface area contributed by atoms with E-state index in [9.17, 15) is 9.59 Å². The van der Waals surface area contributed by atoms with E-state index in [2.05, 4.69) is 30.7 Å². The molecule has 0 unspecified atom stereocenters. The maximum Gasteiger partial charge on any atom is 0.302 e. The first-order valence-electron chi connectivity index (χ1n) is 7.86. The zero-order chi connectivity index (χ0) is 18.4. The lowest BCUT2D eigenvalue weighted by Gasteiger charge is -2.01. The Morgan fingerprint density at radius 3 is 2.69 bits per heavy atom. The maximum atomic E-state index is 12.0. The van der Waals surface area contributed by atoms with Crippen molar-refractivity contribution in [3.8, 4) is 0 Å². The summed E-state index contributed by atoms with van der Waals surface area (Å²) in [4.78, 5) is 35.9. The summed E-state index contributed by atoms with van der Waals surface area (Å²) in [5.41, 5.74) is 0.476. The smallest absolute Gasteiger partial charge is 0.302 e. The van der Waals surface area contributed by atoms with Crippen LogP contribution in [0.2, 0.25) is 0 Å². The van der Waals surface area contributed by atoms with Crippen LogP contribution in [-0.4, -0.2) is 38.5 Å². The lowest BCUT2D eigenvalue weighted by Crippen LogP contribution is -2.25. The van der Waals surface area contributed by atoms with Crippen molar-refractivity contribution in [1.82, 2.24) is 25.4 Å². The number of nitrogens with zero attached hydrogens (tertiary/aromatic N) is 4. The second-order valence-corrected chi connectivity index (χ2v) is 5.32. The third-order valence-electron chi connectivity index (χ3n) is 3.32. The van der Waals surface area contributed by atoms with Crippen LogP contribution in [0.4, 0.5) is 6.01 Å². The number of aryl methyl sites for hydroxylation is 2. The van der Waals surface area contributed by atoms with Crippen molar-refractivity contribution < 1.29 is 18.5 Å². The minimum Gasteiger partial charge on any atom is -0.431 e. The molecule has 0 aliphatic heterocycles. The van der Waals surface area contributed by atoms with Gasteiger partial charge in [-0.15, -0.1) is 0 Å². The van der Waals surface area contributed by atoms with E-state index in [1.807, 2.05) is 0 Å². The van der Waals surface area contributed by atoms with E-state index in [0.29, 0.717) is 36.7 Å². The van der Waals surface area contributed by atoms with Crippen molar-refractivity contribution in [2.75, 3.05) is 11.9 Å². The molecule has 3 heterocycles. The zero-order valence-corrected chi connectivity index (χ0v) is 13.9. The Balaban J connectivity index is 1.46. The SMILES string of the molecule is Cc1noc(CCCNC(=O)c2coc(NC(=O)c3ccncc3)n2)n1. The van der Waals surface area contributed by atoms with Gasteiger partial charge in [0.1, 0.15) is 6.26 Å². The molecule has 134 valence electrons. The summed E-state index contributed by atoms with van der Waals surface area (Å²) in [5.74, 6) is 0.295. The average molecular weight is 356 g/mol. The number of aromatic nitrogens is 4. The molecule has 0 radical (unpaired) electrons. The standard InChI is InChI=1S/C16H16N6O4/c1-10-19-13(26-22-10)3-2-6-18-15(24)12-9-25-16(20-12)21-14(23)11-4-7-17-8-5-11/h4-5,7-9H,2-3,6H2,1H3,(H,18,24)(H,20,21,23). The number of anilines is 1. The van der Waals surface area contributed by atoms with Crippen LogP contribution in [0.3, 0.4) is 0 Å². The molecular weight excluding hydrogens is 340 g/mol. The molecule has 0 aliphatic carbocycles. The highest BCUT2D eigenvalue weighted by Gasteiger charge is 2.14. The van der Waals surface area contributed by atoms with E-state index in [-0.39, 0.29) is 11.7 Å². The molecule has 0 spiro atoms. The van der Waals surface area contributed by atoms with E-state index in [0.717, 1.165) is 0 Å². The Bertz CT molecular complexity index is 889. The molecule has 2 N–H and O–H groups in total. The van der Waals surface area contributed by atoms with Crippen LogP contribution in [0.5, 0.6) is 0 Å². The summed E-state index contributed by atoms with van der Waals surface area (Å²) >= 11 is 0. The molecule has 0 saturated heterocycles. The van der Waals surface area contributed by atoms with Crippen LogP contribution in [0.1, 0.15) is 39.0 Å². The number of amides is 2. The van der Waals surface area contributed by atoms with Gasteiger partial charge in [-0.2, -0.15) is 9.97 Å². The van der Waals surface area contributed by atoms with Gasteiger partial charge in [0, 0.05) is 30.9 Å². The number of hydrogen-bond donors (Lipinski definition) is 2. The molecule has 3 aromatic rings. The van der Waals surface area contributed by atoms with Crippen LogP contribution in [0, 0.1) is 6.92 Å². The average Bonchev–Trinajstić information content (AvgIpc) is 3.28. The summed E-state index contributed by atoms with van der Waals surface area (Å²) in [5, 5.41) is 8.87. The Kier molecular flexibility index (Phi) is 5.32. The molecule has 0 saturated carbocycles. The molecule has 0 aromatic carbocycles. The fraction of sp³-hybridized carbons (Fsp3) is 0.250. The molecule has 10 nitrogen and oxygen atoms in total. The summed E-state index contributed by atoms with van der Waals surface area (Å²) in [6, 6.07) is 3.05. The van der Waals surface area contributed by atoms with Gasteiger partial charge >= 0.3 is 6.01 Å². The predicted octanol–water partition coefficient (Wildman–Crippen LogP) is 1.38. The van der Waals surface area contributed by atoms with Crippen LogP contribution < -0.4 is 10.6 Å². The predicted molar refractivity (Wildman–Crippen MR) is 88.4 cm³/mol. The van der Waals surface area contributed by atoms with E-state index in [1.54, 1.807) is 19.1 Å². The van der Waals surface area contributed by atoms with Crippen molar-refractivity contribution in [2.24, 2.45) is 0 Å². The van der Waals surface area contributed by atoms with E-state index < -0.39 is 11.8 Å². The third-order valence-corrected chi connectivity index (χ3v) is 3.32. The largest absolute Gasteiger partial charge is 0.431 e. The normalized spacial score (nSPS) is 10.5. The van der Waals surface area contributed by atoms with Gasteiger partial charge in [-0.1, -0.05) is 5.16 Å². The molecule has 2 amide bonds. The minimum absolute atomic E-state index is 0.0571. The zero-order valence-electron chi connectivity index (χ0n) is 13.9. The lowest BCUT2D eigenvalue weighted by atomic mass is 10.2. The molecule has 0 fully saturated rings. The number of hydrogen-bond acceptors (Lipinski definition) is 8. The second-order valence-electron chi connectivity index (χ2n) is 5.32. The fourth-order valence-corrected chi connectivity index (χ4v) is 2.08. The topological polar surface area (TPSA) is 136 Å². The number of pyridine rings is 1. The quantitative estimate of drug-likeness (QED) is 0.606. The molecule has 0 aliphatic rings. The number of nitrogens with one attached hydrogen (secondary N) is 2. The molecule has 3 aromatic heterocycles. The van der Waals surface area contributed by atoms with Crippen molar-refractivity contribution in [2.45, 2.75) is 19.8 Å². The Labute approximate surface area is 148 Å². The van der Waals surface area contributed by atoms with E-state index >= 15 is 0 Å². The molecule has 0 bridgehead atoms. The van der Waals surface area contributed by atoms with Gasteiger partial charge in [0.05, 0.1) is 0 Å². The van der Waals surface area contributed by atoms with E-state index in [4.69, 9.17) is 8.94 Å². The van der Waals surface area contributed by atoms with Gasteiger partial charge in [0.25, 0.3) is 11.8 Å². The first kappa shape index (κ1) is 17.3. The number of rotatable bonds is 7. The molecular formula is C16H16N6O4. The molecule has 10 heteroatoms. The van der Waals surface area contributed by atoms with Gasteiger partial charge < -0.3 is 14.3 Å². The third kappa shape index (κ3) is 4.50. The Morgan fingerprint density at radius 1 is 1.15 bits per heavy atom. The van der Waals surface area contributed by atoms with Crippen LogP contribution in [0.25, 0.3) is 0 Å². The Morgan fingerprint density at radius 2 is 1.96 bits per heavy atom. The maximum absolute atomic E-state index is 12.0. The summed E-state index contributed by atoms with van der Waals surface area (Å²) in [6.45, 7) is 2.15. The van der Waals surface area contributed by atoms with Crippen LogP contribution in [-0.2, 0) is 6.42 Å². The monoisotopic (exact) mass is 356 g/mol. The van der Waals surface area contributed by atoms with Crippen LogP contribution in [0.15, 0.2) is 39.7 Å². The van der Waals surface area contributed by atoms with Crippen molar-refractivity contribution in [3.05, 3.63) is 53.8 Å². The molecule has 26 heavy (non-hydrogen) atoms. The highest BCUT2D eigenvalue weighted by molar-refractivity contribution is 6.03. The first-order chi connectivity index (χ1) is 12.6. The summed E-state index contributed by atoms with van der Waals surface area (Å²) in [7, 11) is 0. The van der Waals surface area contributed by atoms with E-state index in [1.165, 1.54) is 18.7 Å². The van der Waals surface area contributed by atoms with Gasteiger partial charge in [0.15, 0.2) is 11.5 Å². The van der Waals surface area contributed by atoms with Crippen LogP contribution >= 0.6 is 0 Å².